The molecule has 3 N–H and O–H groups in total. The standard InChI is InChI=1S/C19H17N5O3S2/c1-12-2-4-13(5-3-12)11-28-19-22-17-16(18(25)23-19)10-21-24(17)14-6-8-15(9-7-14)29(20,26)27/h2-10H,11H2,1H3,(H2,20,26,27)(H,22,23,25). The smallest absolute Gasteiger partial charge is 0.262 e. The van der Waals surface area contributed by atoms with E-state index in [-0.39, 0.29) is 10.5 Å². The van der Waals surface area contributed by atoms with Gasteiger partial charge in [-0.1, -0.05) is 41.6 Å². The lowest BCUT2D eigenvalue weighted by molar-refractivity contribution is 0.598. The van der Waals surface area contributed by atoms with Crippen LogP contribution in [0.1, 0.15) is 11.1 Å². The number of hydrogen-bond donors (Lipinski definition) is 2. The molecule has 0 amide bonds. The minimum absolute atomic E-state index is 0.00198. The Morgan fingerprint density at radius 1 is 1.10 bits per heavy atom. The third kappa shape index (κ3) is 4.09. The largest absolute Gasteiger partial charge is 0.301 e. The lowest BCUT2D eigenvalue weighted by Crippen LogP contribution is -2.12. The number of H-pyrrole nitrogens is 1. The summed E-state index contributed by atoms with van der Waals surface area (Å²) in [6.07, 6.45) is 1.43. The zero-order chi connectivity index (χ0) is 20.6. The number of aromatic amines is 1. The SMILES string of the molecule is Cc1ccc(CSc2nc3c(cnn3-c3ccc(S(N)(=O)=O)cc3)c(=O)[nH]2)cc1. The van der Waals surface area contributed by atoms with Crippen molar-refractivity contribution in [2.75, 3.05) is 0 Å². The summed E-state index contributed by atoms with van der Waals surface area (Å²) in [6, 6.07) is 14.1. The number of benzene rings is 2. The molecule has 0 radical (unpaired) electrons. The van der Waals surface area contributed by atoms with E-state index in [1.165, 1.54) is 40.3 Å². The maximum atomic E-state index is 12.4. The molecule has 8 nitrogen and oxygen atoms in total. The monoisotopic (exact) mass is 427 g/mol. The highest BCUT2D eigenvalue weighted by Gasteiger charge is 2.13. The van der Waals surface area contributed by atoms with Crippen molar-refractivity contribution in [2.45, 2.75) is 22.7 Å². The van der Waals surface area contributed by atoms with Gasteiger partial charge in [-0.25, -0.2) is 23.2 Å². The maximum absolute atomic E-state index is 12.4. The Bertz CT molecular complexity index is 1340. The summed E-state index contributed by atoms with van der Waals surface area (Å²) < 4.78 is 24.4. The summed E-state index contributed by atoms with van der Waals surface area (Å²) >= 11 is 1.42. The number of nitrogens with two attached hydrogens (primary N) is 1. The van der Waals surface area contributed by atoms with Crippen molar-refractivity contribution in [1.82, 2.24) is 19.7 Å². The highest BCUT2D eigenvalue weighted by atomic mass is 32.2. The molecule has 0 saturated heterocycles. The molecule has 148 valence electrons. The van der Waals surface area contributed by atoms with Crippen molar-refractivity contribution >= 4 is 32.8 Å². The van der Waals surface area contributed by atoms with Gasteiger partial charge < -0.3 is 4.98 Å². The van der Waals surface area contributed by atoms with Crippen molar-refractivity contribution in [3.63, 3.8) is 0 Å². The number of rotatable bonds is 5. The number of fused-ring (bicyclic) bond motifs is 1. The van der Waals surface area contributed by atoms with Crippen LogP contribution in [-0.4, -0.2) is 28.2 Å². The van der Waals surface area contributed by atoms with E-state index in [4.69, 9.17) is 5.14 Å². The molecule has 4 rings (SSSR count). The summed E-state index contributed by atoms with van der Waals surface area (Å²) in [4.78, 5) is 19.7. The molecule has 2 aromatic carbocycles. The van der Waals surface area contributed by atoms with Gasteiger partial charge in [-0.3, -0.25) is 4.79 Å². The van der Waals surface area contributed by atoms with Crippen LogP contribution in [0.25, 0.3) is 16.7 Å². The molecular weight excluding hydrogens is 410 g/mol. The number of primary sulfonamides is 1. The Morgan fingerprint density at radius 3 is 2.45 bits per heavy atom. The fourth-order valence-electron chi connectivity index (χ4n) is 2.77. The molecule has 0 saturated carbocycles. The van der Waals surface area contributed by atoms with Gasteiger partial charge in [-0.2, -0.15) is 5.10 Å². The summed E-state index contributed by atoms with van der Waals surface area (Å²) in [7, 11) is -3.78. The number of aromatic nitrogens is 4. The van der Waals surface area contributed by atoms with Gasteiger partial charge in [0.05, 0.1) is 16.8 Å². The van der Waals surface area contributed by atoms with Gasteiger partial charge in [-0.15, -0.1) is 0 Å². The van der Waals surface area contributed by atoms with Gasteiger partial charge >= 0.3 is 0 Å². The molecule has 10 heteroatoms. The molecule has 4 aromatic rings. The number of nitrogens with one attached hydrogen (secondary N) is 1. The van der Waals surface area contributed by atoms with Crippen molar-refractivity contribution in [2.24, 2.45) is 5.14 Å². The van der Waals surface area contributed by atoms with Gasteiger partial charge in [0, 0.05) is 5.75 Å². The predicted molar refractivity (Wildman–Crippen MR) is 112 cm³/mol. The molecule has 29 heavy (non-hydrogen) atoms. The van der Waals surface area contributed by atoms with Crippen molar-refractivity contribution in [3.05, 3.63) is 76.2 Å². The van der Waals surface area contributed by atoms with Gasteiger partial charge in [-0.05, 0) is 36.8 Å². The number of aryl methyl sites for hydroxylation is 1. The molecule has 0 aliphatic rings. The number of sulfonamides is 1. The predicted octanol–water partition coefficient (Wildman–Crippen LogP) is 2.36. The first-order valence-corrected chi connectivity index (χ1v) is 11.1. The second kappa shape index (κ2) is 7.47. The first-order valence-electron chi connectivity index (χ1n) is 8.61. The van der Waals surface area contributed by atoms with Gasteiger partial charge in [0.15, 0.2) is 10.8 Å². The Balaban J connectivity index is 1.67. The van der Waals surface area contributed by atoms with E-state index >= 15 is 0 Å². The van der Waals surface area contributed by atoms with Crippen LogP contribution < -0.4 is 10.7 Å². The highest BCUT2D eigenvalue weighted by Crippen LogP contribution is 2.22. The normalized spacial score (nSPS) is 11.8. The molecule has 0 fully saturated rings. The summed E-state index contributed by atoms with van der Waals surface area (Å²) in [5.41, 5.74) is 2.98. The molecule has 0 atom stereocenters. The number of thioether (sulfide) groups is 1. The average Bonchev–Trinajstić information content (AvgIpc) is 3.11. The van der Waals surface area contributed by atoms with Gasteiger partial charge in [0.25, 0.3) is 5.56 Å². The van der Waals surface area contributed by atoms with Crippen LogP contribution >= 0.6 is 11.8 Å². The van der Waals surface area contributed by atoms with Crippen LogP contribution in [-0.2, 0) is 15.8 Å². The summed E-state index contributed by atoms with van der Waals surface area (Å²) in [5, 5.41) is 10.2. The lowest BCUT2D eigenvalue weighted by Gasteiger charge is -2.06. The minimum atomic E-state index is -3.78. The number of nitrogens with zero attached hydrogens (tertiary/aromatic N) is 3. The van der Waals surface area contributed by atoms with Crippen molar-refractivity contribution in [3.8, 4) is 5.69 Å². The van der Waals surface area contributed by atoms with E-state index in [9.17, 15) is 13.2 Å². The van der Waals surface area contributed by atoms with Crippen LogP contribution in [0.4, 0.5) is 0 Å². The Hall–Kier alpha value is -2.95. The zero-order valence-corrected chi connectivity index (χ0v) is 17.0. The van der Waals surface area contributed by atoms with E-state index in [0.29, 0.717) is 27.6 Å². The Morgan fingerprint density at radius 2 is 1.79 bits per heavy atom. The molecular formula is C19H17N5O3S2. The van der Waals surface area contributed by atoms with E-state index < -0.39 is 10.0 Å². The molecule has 2 heterocycles. The van der Waals surface area contributed by atoms with Crippen LogP contribution in [0.2, 0.25) is 0 Å². The van der Waals surface area contributed by atoms with Crippen LogP contribution in [0.15, 0.2) is 69.6 Å². The molecule has 0 aliphatic carbocycles. The third-order valence-corrected chi connectivity index (χ3v) is 6.20. The van der Waals surface area contributed by atoms with Crippen LogP contribution in [0, 0.1) is 6.92 Å². The Labute approximate surface area is 170 Å². The molecule has 0 unspecified atom stereocenters. The molecule has 0 aliphatic heterocycles. The second-order valence-electron chi connectivity index (χ2n) is 6.48. The van der Waals surface area contributed by atoms with E-state index in [1.807, 2.05) is 31.2 Å². The van der Waals surface area contributed by atoms with Crippen LogP contribution in [0.3, 0.4) is 0 Å². The highest BCUT2D eigenvalue weighted by molar-refractivity contribution is 7.98. The topological polar surface area (TPSA) is 124 Å². The van der Waals surface area contributed by atoms with Gasteiger partial charge in [0.2, 0.25) is 10.0 Å². The minimum Gasteiger partial charge on any atom is -0.301 e. The lowest BCUT2D eigenvalue weighted by atomic mass is 10.2. The van der Waals surface area contributed by atoms with Crippen LogP contribution in [0.5, 0.6) is 0 Å². The summed E-state index contributed by atoms with van der Waals surface area (Å²) in [5.74, 6) is 0.659. The van der Waals surface area contributed by atoms with Crippen molar-refractivity contribution < 1.29 is 8.42 Å². The fraction of sp³-hybridized carbons (Fsp3) is 0.105. The summed E-state index contributed by atoms with van der Waals surface area (Å²) in [6.45, 7) is 2.03. The molecule has 0 bridgehead atoms. The average molecular weight is 428 g/mol. The van der Waals surface area contributed by atoms with Crippen molar-refractivity contribution in [1.29, 1.82) is 0 Å². The quantitative estimate of drug-likeness (QED) is 0.372. The first-order chi connectivity index (χ1) is 13.8. The fourth-order valence-corrected chi connectivity index (χ4v) is 4.10. The maximum Gasteiger partial charge on any atom is 0.262 e. The molecule has 0 spiro atoms. The number of hydrogen-bond acceptors (Lipinski definition) is 6. The Kier molecular flexibility index (Phi) is 4.99. The van der Waals surface area contributed by atoms with E-state index in [2.05, 4.69) is 15.1 Å². The van der Waals surface area contributed by atoms with Gasteiger partial charge in [0.1, 0.15) is 5.39 Å². The third-order valence-electron chi connectivity index (χ3n) is 4.32. The molecule has 2 aromatic heterocycles. The second-order valence-corrected chi connectivity index (χ2v) is 9.00. The van der Waals surface area contributed by atoms with E-state index in [0.717, 1.165) is 5.56 Å². The zero-order valence-electron chi connectivity index (χ0n) is 15.4. The van der Waals surface area contributed by atoms with E-state index in [1.54, 1.807) is 12.1 Å². The first kappa shape index (κ1) is 19.4.